The lowest BCUT2D eigenvalue weighted by Gasteiger charge is -2.40. The predicted molar refractivity (Wildman–Crippen MR) is 81.0 cm³/mol. The van der Waals surface area contributed by atoms with E-state index in [0.717, 1.165) is 17.1 Å². The molecule has 0 atom stereocenters. The van der Waals surface area contributed by atoms with Crippen LogP contribution in [-0.2, 0) is 11.3 Å². The third-order valence-corrected chi connectivity index (χ3v) is 3.59. The molecule has 2 aliphatic rings. The molecule has 1 saturated heterocycles. The Kier molecular flexibility index (Phi) is 3.87. The summed E-state index contributed by atoms with van der Waals surface area (Å²) in [5, 5.41) is 3.43. The molecule has 2 heterocycles. The van der Waals surface area contributed by atoms with Crippen molar-refractivity contribution in [3.63, 3.8) is 0 Å². The first-order valence-electron chi connectivity index (χ1n) is 7.51. The molecule has 1 aromatic rings. The van der Waals surface area contributed by atoms with Crippen LogP contribution in [0.3, 0.4) is 0 Å². The van der Waals surface area contributed by atoms with E-state index in [1.54, 1.807) is 4.90 Å². The van der Waals surface area contributed by atoms with Crippen LogP contribution in [-0.4, -0.2) is 42.5 Å². The lowest BCUT2D eigenvalue weighted by molar-refractivity contribution is 0.00516. The molecule has 3 rings (SSSR count). The van der Waals surface area contributed by atoms with Gasteiger partial charge in [-0.25, -0.2) is 4.79 Å². The summed E-state index contributed by atoms with van der Waals surface area (Å²) in [5.41, 5.74) is 0.628. The summed E-state index contributed by atoms with van der Waals surface area (Å²) >= 11 is 0. The molecule has 0 radical (unpaired) electrons. The van der Waals surface area contributed by atoms with E-state index in [1.807, 2.05) is 39.0 Å². The average Bonchev–Trinajstić information content (AvgIpc) is 2.83. The van der Waals surface area contributed by atoms with Gasteiger partial charge >= 0.3 is 6.09 Å². The molecule has 1 aromatic carbocycles. The number of ether oxygens (including phenoxy) is 3. The smallest absolute Gasteiger partial charge is 0.410 e. The van der Waals surface area contributed by atoms with Crippen LogP contribution in [0.1, 0.15) is 26.3 Å². The first-order valence-corrected chi connectivity index (χ1v) is 7.51. The number of carbonyl (C=O) groups is 1. The number of likely N-dealkylation sites (tertiary alicyclic amines) is 1. The number of fused-ring (bicyclic) bond motifs is 1. The molecule has 0 aromatic heterocycles. The first kappa shape index (κ1) is 15.0. The molecular weight excluding hydrogens is 284 g/mol. The van der Waals surface area contributed by atoms with Crippen molar-refractivity contribution in [3.05, 3.63) is 23.8 Å². The quantitative estimate of drug-likeness (QED) is 0.927. The molecule has 120 valence electrons. The second-order valence-corrected chi connectivity index (χ2v) is 6.61. The summed E-state index contributed by atoms with van der Waals surface area (Å²) in [7, 11) is 0. The first-order chi connectivity index (χ1) is 10.4. The van der Waals surface area contributed by atoms with E-state index < -0.39 is 5.60 Å². The molecule has 2 aliphatic heterocycles. The van der Waals surface area contributed by atoms with Gasteiger partial charge in [0.05, 0.1) is 0 Å². The van der Waals surface area contributed by atoms with Crippen LogP contribution in [0.5, 0.6) is 11.5 Å². The highest BCUT2D eigenvalue weighted by Crippen LogP contribution is 2.35. The van der Waals surface area contributed by atoms with Gasteiger partial charge in [0.2, 0.25) is 6.79 Å². The highest BCUT2D eigenvalue weighted by molar-refractivity contribution is 5.69. The second-order valence-electron chi connectivity index (χ2n) is 6.61. The van der Waals surface area contributed by atoms with Crippen molar-refractivity contribution in [2.75, 3.05) is 19.9 Å². The average molecular weight is 306 g/mol. The number of para-hydroxylation sites is 1. The Labute approximate surface area is 130 Å². The van der Waals surface area contributed by atoms with Gasteiger partial charge in [-0.1, -0.05) is 12.1 Å². The number of amides is 1. The Balaban J connectivity index is 1.46. The van der Waals surface area contributed by atoms with Gasteiger partial charge in [-0.3, -0.25) is 0 Å². The topological polar surface area (TPSA) is 60.0 Å². The van der Waals surface area contributed by atoms with Crippen molar-refractivity contribution in [2.45, 2.75) is 39.0 Å². The maximum atomic E-state index is 11.9. The third-order valence-electron chi connectivity index (χ3n) is 3.59. The summed E-state index contributed by atoms with van der Waals surface area (Å²) in [4.78, 5) is 13.6. The van der Waals surface area contributed by atoms with E-state index in [2.05, 4.69) is 5.32 Å². The minimum Gasteiger partial charge on any atom is -0.454 e. The van der Waals surface area contributed by atoms with Crippen LogP contribution in [0.4, 0.5) is 4.79 Å². The van der Waals surface area contributed by atoms with Gasteiger partial charge in [0.25, 0.3) is 0 Å². The van der Waals surface area contributed by atoms with E-state index in [4.69, 9.17) is 14.2 Å². The van der Waals surface area contributed by atoms with Gasteiger partial charge in [-0.2, -0.15) is 0 Å². The minimum absolute atomic E-state index is 0.247. The Morgan fingerprint density at radius 1 is 1.36 bits per heavy atom. The Morgan fingerprint density at radius 3 is 2.86 bits per heavy atom. The molecule has 6 nitrogen and oxygen atoms in total. The van der Waals surface area contributed by atoms with Gasteiger partial charge in [-0.15, -0.1) is 0 Å². The van der Waals surface area contributed by atoms with Crippen LogP contribution in [0.25, 0.3) is 0 Å². The van der Waals surface area contributed by atoms with Gasteiger partial charge in [-0.05, 0) is 26.8 Å². The van der Waals surface area contributed by atoms with Crippen molar-refractivity contribution in [1.29, 1.82) is 0 Å². The summed E-state index contributed by atoms with van der Waals surface area (Å²) in [5.74, 6) is 1.61. The second kappa shape index (κ2) is 5.68. The molecule has 0 aliphatic carbocycles. The number of benzene rings is 1. The third kappa shape index (κ3) is 3.27. The highest BCUT2D eigenvalue weighted by atomic mass is 16.7. The Bertz CT molecular complexity index is 562. The number of rotatable bonds is 3. The van der Waals surface area contributed by atoms with E-state index in [9.17, 15) is 4.79 Å². The summed E-state index contributed by atoms with van der Waals surface area (Å²) in [6.07, 6.45) is -0.247. The molecule has 1 N–H and O–H groups in total. The molecule has 1 amide bonds. The Morgan fingerprint density at radius 2 is 2.14 bits per heavy atom. The van der Waals surface area contributed by atoms with Crippen molar-refractivity contribution >= 4 is 6.09 Å². The van der Waals surface area contributed by atoms with Crippen LogP contribution < -0.4 is 14.8 Å². The summed E-state index contributed by atoms with van der Waals surface area (Å²) in [6, 6.07) is 6.16. The summed E-state index contributed by atoms with van der Waals surface area (Å²) < 4.78 is 16.2. The van der Waals surface area contributed by atoms with Crippen LogP contribution >= 0.6 is 0 Å². The monoisotopic (exact) mass is 306 g/mol. The zero-order valence-electron chi connectivity index (χ0n) is 13.2. The zero-order chi connectivity index (χ0) is 15.7. The Hall–Kier alpha value is -1.95. The largest absolute Gasteiger partial charge is 0.454 e. The SMILES string of the molecule is CC(C)(C)OC(=O)N1CC(NCc2cccc3c2OCO3)C1. The normalized spacial score (nSPS) is 17.3. The lowest BCUT2D eigenvalue weighted by atomic mass is 10.1. The van der Waals surface area contributed by atoms with Crippen molar-refractivity contribution in [3.8, 4) is 11.5 Å². The fourth-order valence-electron chi connectivity index (χ4n) is 2.47. The molecular formula is C16H22N2O4. The lowest BCUT2D eigenvalue weighted by Crippen LogP contribution is -2.60. The summed E-state index contributed by atoms with van der Waals surface area (Å²) in [6.45, 7) is 7.93. The maximum absolute atomic E-state index is 11.9. The van der Waals surface area contributed by atoms with E-state index >= 15 is 0 Å². The maximum Gasteiger partial charge on any atom is 0.410 e. The zero-order valence-corrected chi connectivity index (χ0v) is 13.2. The fourth-order valence-corrected chi connectivity index (χ4v) is 2.47. The van der Waals surface area contributed by atoms with Crippen LogP contribution in [0, 0.1) is 0 Å². The van der Waals surface area contributed by atoms with E-state index in [-0.39, 0.29) is 18.9 Å². The number of nitrogens with one attached hydrogen (secondary N) is 1. The van der Waals surface area contributed by atoms with Gasteiger partial charge in [0.15, 0.2) is 11.5 Å². The van der Waals surface area contributed by atoms with Crippen LogP contribution in [0.15, 0.2) is 18.2 Å². The molecule has 0 unspecified atom stereocenters. The molecule has 0 bridgehead atoms. The van der Waals surface area contributed by atoms with E-state index in [1.165, 1.54) is 0 Å². The van der Waals surface area contributed by atoms with Gasteiger partial charge < -0.3 is 24.4 Å². The molecule has 22 heavy (non-hydrogen) atoms. The predicted octanol–water partition coefficient (Wildman–Crippen LogP) is 2.12. The van der Waals surface area contributed by atoms with Crippen molar-refractivity contribution < 1.29 is 19.0 Å². The number of hydrogen-bond donors (Lipinski definition) is 1. The number of nitrogens with zero attached hydrogens (tertiary/aromatic N) is 1. The highest BCUT2D eigenvalue weighted by Gasteiger charge is 2.33. The number of hydrogen-bond acceptors (Lipinski definition) is 5. The standard InChI is InChI=1S/C16H22N2O4/c1-16(2,3)22-15(19)18-8-12(9-18)17-7-11-5-4-6-13-14(11)21-10-20-13/h4-6,12,17H,7-10H2,1-3H3. The van der Waals surface area contributed by atoms with E-state index in [0.29, 0.717) is 19.6 Å². The van der Waals surface area contributed by atoms with Crippen molar-refractivity contribution in [1.82, 2.24) is 10.2 Å². The molecule has 0 spiro atoms. The van der Waals surface area contributed by atoms with Gasteiger partial charge in [0.1, 0.15) is 5.60 Å². The minimum atomic E-state index is -0.447. The van der Waals surface area contributed by atoms with Gasteiger partial charge in [0, 0.05) is 31.2 Å². The molecule has 6 heteroatoms. The molecule has 0 saturated carbocycles. The number of carbonyl (C=O) groups excluding carboxylic acids is 1. The van der Waals surface area contributed by atoms with Crippen LogP contribution in [0.2, 0.25) is 0 Å². The fraction of sp³-hybridized carbons (Fsp3) is 0.562. The molecule has 1 fully saturated rings. The van der Waals surface area contributed by atoms with Crippen molar-refractivity contribution in [2.24, 2.45) is 0 Å².